The highest BCUT2D eigenvalue weighted by Crippen LogP contribution is 2.21. The van der Waals surface area contributed by atoms with E-state index < -0.39 is 0 Å². The van der Waals surface area contributed by atoms with E-state index in [0.29, 0.717) is 12.1 Å². The summed E-state index contributed by atoms with van der Waals surface area (Å²) in [6.45, 7) is 0.452. The molecule has 2 aromatic heterocycles. The van der Waals surface area contributed by atoms with Gasteiger partial charge in [-0.05, 0) is 40.2 Å². The van der Waals surface area contributed by atoms with Crippen LogP contribution in [0.1, 0.15) is 20.9 Å². The van der Waals surface area contributed by atoms with Crippen molar-refractivity contribution in [2.24, 2.45) is 0 Å². The minimum Gasteiger partial charge on any atom is -0.346 e. The number of carbonyl (C=O) groups is 1. The Kier molecular flexibility index (Phi) is 4.07. The second-order valence-corrected chi connectivity index (χ2v) is 5.98. The average molecular weight is 322 g/mol. The molecule has 0 saturated carbocycles. The number of hydrogen-bond acceptors (Lipinski definition) is 4. The first-order chi connectivity index (χ1) is 8.69. The minimum absolute atomic E-state index is 0.254. The van der Waals surface area contributed by atoms with E-state index >= 15 is 0 Å². The monoisotopic (exact) mass is 321 g/mol. The summed E-state index contributed by atoms with van der Waals surface area (Å²) in [6, 6.07) is 8.88. The number of nitrogens with zero attached hydrogens (tertiary/aromatic N) is 2. The lowest BCUT2D eigenvalue weighted by Crippen LogP contribution is -2.23. The molecule has 0 aromatic carbocycles. The van der Waals surface area contributed by atoms with Crippen molar-refractivity contribution in [3.05, 3.63) is 50.4 Å². The number of hydrogen-bond donors (Lipinski definition) is 1. The predicted octanol–water partition coefficient (Wildman–Crippen LogP) is 2.71. The van der Waals surface area contributed by atoms with E-state index in [1.165, 1.54) is 12.3 Å². The van der Waals surface area contributed by atoms with Crippen LogP contribution in [0.2, 0.25) is 0 Å². The van der Waals surface area contributed by atoms with Crippen molar-refractivity contribution in [3.8, 4) is 6.07 Å². The molecule has 4 nitrogen and oxygen atoms in total. The number of halogens is 1. The zero-order valence-electron chi connectivity index (χ0n) is 9.18. The molecule has 0 fully saturated rings. The Balaban J connectivity index is 2.01. The van der Waals surface area contributed by atoms with Gasteiger partial charge in [0.05, 0.1) is 22.0 Å². The van der Waals surface area contributed by atoms with Crippen molar-refractivity contribution in [1.29, 1.82) is 5.26 Å². The largest absolute Gasteiger partial charge is 0.346 e. The number of aromatic nitrogens is 1. The maximum absolute atomic E-state index is 11.8. The van der Waals surface area contributed by atoms with Gasteiger partial charge in [-0.1, -0.05) is 0 Å². The smallest absolute Gasteiger partial charge is 0.270 e. The first-order valence-corrected chi connectivity index (χ1v) is 6.68. The number of amides is 1. The van der Waals surface area contributed by atoms with E-state index in [1.54, 1.807) is 17.4 Å². The van der Waals surface area contributed by atoms with Crippen LogP contribution in [0.15, 0.2) is 34.2 Å². The number of nitriles is 1. The minimum atomic E-state index is -0.281. The molecule has 2 rings (SSSR count). The lowest BCUT2D eigenvalue weighted by atomic mass is 10.2. The first kappa shape index (κ1) is 12.7. The van der Waals surface area contributed by atoms with Crippen LogP contribution in [0.4, 0.5) is 0 Å². The third-order valence-electron chi connectivity index (χ3n) is 2.17. The van der Waals surface area contributed by atoms with Crippen LogP contribution in [-0.4, -0.2) is 10.9 Å². The fourth-order valence-electron chi connectivity index (χ4n) is 1.33. The fourth-order valence-corrected chi connectivity index (χ4v) is 2.75. The van der Waals surface area contributed by atoms with E-state index in [9.17, 15) is 4.79 Å². The van der Waals surface area contributed by atoms with Gasteiger partial charge in [0, 0.05) is 11.1 Å². The summed E-state index contributed by atoms with van der Waals surface area (Å²) in [5.74, 6) is -0.281. The average Bonchev–Trinajstić information content (AvgIpc) is 2.82. The lowest BCUT2D eigenvalue weighted by molar-refractivity contribution is 0.0946. The van der Waals surface area contributed by atoms with Crippen LogP contribution in [0.3, 0.4) is 0 Å². The van der Waals surface area contributed by atoms with E-state index in [-0.39, 0.29) is 11.6 Å². The van der Waals surface area contributed by atoms with Gasteiger partial charge < -0.3 is 5.32 Å². The molecule has 0 aliphatic carbocycles. The van der Waals surface area contributed by atoms with E-state index in [2.05, 4.69) is 26.2 Å². The summed E-state index contributed by atoms with van der Waals surface area (Å²) < 4.78 is 1.02. The van der Waals surface area contributed by atoms with Crippen LogP contribution >= 0.6 is 27.3 Å². The Morgan fingerprint density at radius 2 is 2.33 bits per heavy atom. The number of rotatable bonds is 3. The summed E-state index contributed by atoms with van der Waals surface area (Å²) in [5.41, 5.74) is 0.679. The molecule has 0 saturated heterocycles. The van der Waals surface area contributed by atoms with Gasteiger partial charge in [-0.3, -0.25) is 9.78 Å². The second kappa shape index (κ2) is 5.76. The molecule has 0 spiro atoms. The molecular formula is C12H8BrN3OS. The Morgan fingerprint density at radius 3 is 3.00 bits per heavy atom. The Hall–Kier alpha value is -1.71. The molecule has 0 radical (unpaired) electrons. The lowest BCUT2D eigenvalue weighted by Gasteiger charge is -2.02. The second-order valence-electron chi connectivity index (χ2n) is 3.43. The predicted molar refractivity (Wildman–Crippen MR) is 72.1 cm³/mol. The van der Waals surface area contributed by atoms with E-state index in [4.69, 9.17) is 5.26 Å². The third kappa shape index (κ3) is 3.15. The van der Waals surface area contributed by atoms with Gasteiger partial charge in [0.1, 0.15) is 5.69 Å². The maximum Gasteiger partial charge on any atom is 0.270 e. The molecule has 1 amide bonds. The molecule has 1 N–H and O–H groups in total. The molecule has 0 aliphatic rings. The maximum atomic E-state index is 11.8. The van der Waals surface area contributed by atoms with Crippen molar-refractivity contribution < 1.29 is 4.79 Å². The van der Waals surface area contributed by atoms with E-state index in [0.717, 1.165) is 8.66 Å². The quantitative estimate of drug-likeness (QED) is 0.945. The normalized spacial score (nSPS) is 9.78. The third-order valence-corrected chi connectivity index (χ3v) is 3.80. The highest BCUT2D eigenvalue weighted by atomic mass is 79.9. The van der Waals surface area contributed by atoms with Gasteiger partial charge in [-0.25, -0.2) is 0 Å². The standard InChI is InChI=1S/C12H8BrN3OS/c13-11-2-1-9(18-11)7-16-12(17)10-5-8(6-14)3-4-15-10/h1-5H,7H2,(H,16,17). The van der Waals surface area contributed by atoms with Crippen molar-refractivity contribution in [2.45, 2.75) is 6.54 Å². The highest BCUT2D eigenvalue weighted by molar-refractivity contribution is 9.11. The Labute approximate surface area is 116 Å². The summed E-state index contributed by atoms with van der Waals surface area (Å²) in [7, 11) is 0. The summed E-state index contributed by atoms with van der Waals surface area (Å²) in [5, 5.41) is 11.5. The Morgan fingerprint density at radius 1 is 1.50 bits per heavy atom. The van der Waals surface area contributed by atoms with Crippen LogP contribution in [0.25, 0.3) is 0 Å². The molecule has 2 heterocycles. The van der Waals surface area contributed by atoms with Crippen LogP contribution in [0, 0.1) is 11.3 Å². The molecular weight excluding hydrogens is 314 g/mol. The first-order valence-electron chi connectivity index (χ1n) is 5.07. The zero-order chi connectivity index (χ0) is 13.0. The van der Waals surface area contributed by atoms with Gasteiger partial charge in [-0.2, -0.15) is 5.26 Å². The zero-order valence-corrected chi connectivity index (χ0v) is 11.6. The number of nitrogens with one attached hydrogen (secondary N) is 1. The molecule has 18 heavy (non-hydrogen) atoms. The van der Waals surface area contributed by atoms with Crippen LogP contribution in [-0.2, 0) is 6.54 Å². The summed E-state index contributed by atoms with van der Waals surface area (Å²) in [6.07, 6.45) is 1.45. The van der Waals surface area contributed by atoms with Gasteiger partial charge in [0.15, 0.2) is 0 Å². The van der Waals surface area contributed by atoms with Crippen LogP contribution in [0.5, 0.6) is 0 Å². The van der Waals surface area contributed by atoms with Gasteiger partial charge in [0.2, 0.25) is 0 Å². The van der Waals surface area contributed by atoms with Gasteiger partial charge in [0.25, 0.3) is 5.91 Å². The molecule has 6 heteroatoms. The van der Waals surface area contributed by atoms with Crippen molar-refractivity contribution in [3.63, 3.8) is 0 Å². The summed E-state index contributed by atoms with van der Waals surface area (Å²) >= 11 is 4.92. The Bertz CT molecular complexity index is 618. The van der Waals surface area contributed by atoms with E-state index in [1.807, 2.05) is 18.2 Å². The number of thiophene rings is 1. The SMILES string of the molecule is N#Cc1ccnc(C(=O)NCc2ccc(Br)s2)c1. The molecule has 90 valence electrons. The van der Waals surface area contributed by atoms with Crippen molar-refractivity contribution >= 4 is 33.2 Å². The molecule has 0 unspecified atom stereocenters. The van der Waals surface area contributed by atoms with Crippen LogP contribution < -0.4 is 5.32 Å². The highest BCUT2D eigenvalue weighted by Gasteiger charge is 2.08. The van der Waals surface area contributed by atoms with Gasteiger partial charge >= 0.3 is 0 Å². The molecule has 0 atom stereocenters. The molecule has 0 bridgehead atoms. The molecule has 0 aliphatic heterocycles. The number of carbonyl (C=O) groups excluding carboxylic acids is 1. The fraction of sp³-hybridized carbons (Fsp3) is 0.0833. The molecule has 2 aromatic rings. The topological polar surface area (TPSA) is 65.8 Å². The number of pyridine rings is 1. The van der Waals surface area contributed by atoms with Crippen molar-refractivity contribution in [1.82, 2.24) is 10.3 Å². The van der Waals surface area contributed by atoms with Crippen molar-refractivity contribution in [2.75, 3.05) is 0 Å². The summed E-state index contributed by atoms with van der Waals surface area (Å²) in [4.78, 5) is 16.8. The van der Waals surface area contributed by atoms with Gasteiger partial charge in [-0.15, -0.1) is 11.3 Å².